The smallest absolute Gasteiger partial charge is 0.326 e. The van der Waals surface area contributed by atoms with Gasteiger partial charge in [-0.05, 0) is 31.7 Å². The highest BCUT2D eigenvalue weighted by Gasteiger charge is 2.33. The maximum absolute atomic E-state index is 13.0. The van der Waals surface area contributed by atoms with E-state index < -0.39 is 18.1 Å². The van der Waals surface area contributed by atoms with E-state index in [1.165, 1.54) is 57.8 Å². The minimum Gasteiger partial charge on any atom is -0.480 e. The first-order valence-electron chi connectivity index (χ1n) is 13.8. The molecule has 0 aromatic rings. The van der Waals surface area contributed by atoms with E-state index in [2.05, 4.69) is 12.2 Å². The van der Waals surface area contributed by atoms with Crippen LogP contribution < -0.4 is 11.1 Å². The van der Waals surface area contributed by atoms with Crippen LogP contribution in [0.3, 0.4) is 0 Å². The van der Waals surface area contributed by atoms with Gasteiger partial charge in [-0.1, -0.05) is 98.3 Å². The molecule has 34 heavy (non-hydrogen) atoms. The van der Waals surface area contributed by atoms with Crippen molar-refractivity contribution in [2.45, 2.75) is 136 Å². The molecule has 2 amide bonds. The summed E-state index contributed by atoms with van der Waals surface area (Å²) in [7, 11) is 0. The van der Waals surface area contributed by atoms with Crippen molar-refractivity contribution >= 4 is 17.8 Å². The van der Waals surface area contributed by atoms with Gasteiger partial charge >= 0.3 is 5.97 Å². The van der Waals surface area contributed by atoms with Crippen LogP contribution in [0.5, 0.6) is 0 Å². The largest absolute Gasteiger partial charge is 0.480 e. The van der Waals surface area contributed by atoms with Gasteiger partial charge in [0.25, 0.3) is 0 Å². The van der Waals surface area contributed by atoms with Gasteiger partial charge in [-0.15, -0.1) is 0 Å². The molecular weight excluding hydrogens is 430 g/mol. The normalized spacial score (nSPS) is 13.0. The number of carbonyl (C=O) groups excluding carboxylic acids is 2. The van der Waals surface area contributed by atoms with Crippen LogP contribution >= 0.6 is 0 Å². The molecule has 2 unspecified atom stereocenters. The lowest BCUT2D eigenvalue weighted by Crippen LogP contribution is -2.55. The Hall–Kier alpha value is -1.63. The number of aliphatic carboxylic acids is 1. The zero-order valence-corrected chi connectivity index (χ0v) is 22.4. The summed E-state index contributed by atoms with van der Waals surface area (Å²) in [6.07, 6.45) is 16.0. The average Bonchev–Trinajstić information content (AvgIpc) is 2.80. The Morgan fingerprint density at radius 1 is 0.824 bits per heavy atom. The highest BCUT2D eigenvalue weighted by molar-refractivity contribution is 5.90. The second kappa shape index (κ2) is 20.7. The number of nitrogens with one attached hydrogen (secondary N) is 1. The molecular formula is C27H53N3O4. The molecule has 0 aromatic carbocycles. The molecule has 0 rings (SSSR count). The van der Waals surface area contributed by atoms with Gasteiger partial charge in [-0.3, -0.25) is 9.59 Å². The van der Waals surface area contributed by atoms with Crippen molar-refractivity contribution in [1.82, 2.24) is 10.2 Å². The Labute approximate surface area is 208 Å². The van der Waals surface area contributed by atoms with E-state index in [1.807, 2.05) is 13.8 Å². The number of rotatable bonds is 22. The third-order valence-corrected chi connectivity index (χ3v) is 6.43. The molecule has 0 bridgehead atoms. The topological polar surface area (TPSA) is 113 Å². The number of unbranched alkanes of at least 4 members (excludes halogenated alkanes) is 11. The number of carboxylic acid groups (broad SMARTS) is 1. The molecule has 2 atom stereocenters. The fraction of sp³-hybridized carbons (Fsp3) is 0.889. The molecule has 200 valence electrons. The van der Waals surface area contributed by atoms with Gasteiger partial charge in [-0.25, -0.2) is 4.79 Å². The van der Waals surface area contributed by atoms with Gasteiger partial charge < -0.3 is 21.1 Å². The summed E-state index contributed by atoms with van der Waals surface area (Å²) in [4.78, 5) is 39.0. The van der Waals surface area contributed by atoms with Crippen LogP contribution in [0.4, 0.5) is 0 Å². The Kier molecular flexibility index (Phi) is 19.7. The van der Waals surface area contributed by atoms with E-state index in [-0.39, 0.29) is 17.7 Å². The first kappa shape index (κ1) is 32.4. The van der Waals surface area contributed by atoms with Crippen molar-refractivity contribution in [2.24, 2.45) is 11.7 Å². The van der Waals surface area contributed by atoms with E-state index in [9.17, 15) is 19.5 Å². The van der Waals surface area contributed by atoms with Crippen LogP contribution in [0, 0.1) is 5.92 Å². The summed E-state index contributed by atoms with van der Waals surface area (Å²) in [5.41, 5.74) is 5.59. The summed E-state index contributed by atoms with van der Waals surface area (Å²) in [5.74, 6) is -1.64. The van der Waals surface area contributed by atoms with E-state index in [4.69, 9.17) is 5.73 Å². The molecule has 0 spiro atoms. The summed E-state index contributed by atoms with van der Waals surface area (Å²) >= 11 is 0. The SMILES string of the molecule is CCCCCCCCCCCCCCN(C(=O)CCCN)C(C(=O)NC(CC)C(=O)O)C(C)C. The van der Waals surface area contributed by atoms with Crippen LogP contribution in [0.25, 0.3) is 0 Å². The number of hydrogen-bond acceptors (Lipinski definition) is 4. The predicted octanol–water partition coefficient (Wildman–Crippen LogP) is 5.26. The molecule has 0 fully saturated rings. The number of carboxylic acids is 1. The van der Waals surface area contributed by atoms with Crippen LogP contribution in [-0.2, 0) is 14.4 Å². The Morgan fingerprint density at radius 3 is 1.74 bits per heavy atom. The molecule has 0 aliphatic rings. The van der Waals surface area contributed by atoms with Gasteiger partial charge in [0.1, 0.15) is 12.1 Å². The number of amides is 2. The van der Waals surface area contributed by atoms with Gasteiger partial charge in [0, 0.05) is 13.0 Å². The highest BCUT2D eigenvalue weighted by atomic mass is 16.4. The Balaban J connectivity index is 4.68. The fourth-order valence-corrected chi connectivity index (χ4v) is 4.34. The summed E-state index contributed by atoms with van der Waals surface area (Å²) in [5, 5.41) is 12.0. The monoisotopic (exact) mass is 483 g/mol. The lowest BCUT2D eigenvalue weighted by Gasteiger charge is -2.34. The second-order valence-electron chi connectivity index (χ2n) is 9.86. The summed E-state index contributed by atoms with van der Waals surface area (Å²) in [6.45, 7) is 8.71. The maximum atomic E-state index is 13.0. The number of nitrogens with two attached hydrogens (primary N) is 1. The molecule has 0 heterocycles. The Bertz CT molecular complexity index is 554. The molecule has 4 N–H and O–H groups in total. The Morgan fingerprint density at radius 2 is 1.32 bits per heavy atom. The van der Waals surface area contributed by atoms with Gasteiger partial charge in [-0.2, -0.15) is 0 Å². The van der Waals surface area contributed by atoms with Crippen molar-refractivity contribution in [1.29, 1.82) is 0 Å². The number of hydrogen-bond donors (Lipinski definition) is 3. The van der Waals surface area contributed by atoms with Crippen molar-refractivity contribution in [2.75, 3.05) is 13.1 Å². The van der Waals surface area contributed by atoms with Gasteiger partial charge in [0.05, 0.1) is 0 Å². The standard InChI is InChI=1S/C27H53N3O4/c1-5-7-8-9-10-11-12-13-14-15-16-17-21-30(24(31)19-18-20-28)25(22(3)4)26(32)29-23(6-2)27(33)34/h22-23,25H,5-21,28H2,1-4H3,(H,29,32)(H,33,34). The number of carbonyl (C=O) groups is 3. The predicted molar refractivity (Wildman–Crippen MR) is 140 cm³/mol. The van der Waals surface area contributed by atoms with Crippen molar-refractivity contribution in [3.05, 3.63) is 0 Å². The highest BCUT2D eigenvalue weighted by Crippen LogP contribution is 2.17. The molecule has 0 saturated carbocycles. The minimum atomic E-state index is -1.06. The van der Waals surface area contributed by atoms with Gasteiger partial charge in [0.2, 0.25) is 11.8 Å². The zero-order valence-electron chi connectivity index (χ0n) is 22.4. The molecule has 0 aliphatic carbocycles. The molecule has 0 saturated heterocycles. The first-order valence-corrected chi connectivity index (χ1v) is 13.8. The van der Waals surface area contributed by atoms with Crippen LogP contribution in [0.15, 0.2) is 0 Å². The zero-order chi connectivity index (χ0) is 25.8. The van der Waals surface area contributed by atoms with Crippen molar-refractivity contribution in [3.63, 3.8) is 0 Å². The summed E-state index contributed by atoms with van der Waals surface area (Å²) < 4.78 is 0. The third-order valence-electron chi connectivity index (χ3n) is 6.43. The van der Waals surface area contributed by atoms with Crippen LogP contribution in [0.2, 0.25) is 0 Å². The quantitative estimate of drug-likeness (QED) is 0.182. The molecule has 0 radical (unpaired) electrons. The molecule has 7 nitrogen and oxygen atoms in total. The lowest BCUT2D eigenvalue weighted by molar-refractivity contribution is -0.146. The molecule has 7 heteroatoms. The first-order chi connectivity index (χ1) is 16.3. The van der Waals surface area contributed by atoms with E-state index in [0.29, 0.717) is 32.4 Å². The third kappa shape index (κ3) is 14.6. The summed E-state index contributed by atoms with van der Waals surface area (Å²) in [6, 6.07) is -1.62. The lowest BCUT2D eigenvalue weighted by atomic mass is 9.99. The second-order valence-corrected chi connectivity index (χ2v) is 9.86. The van der Waals surface area contributed by atoms with Crippen molar-refractivity contribution < 1.29 is 19.5 Å². The minimum absolute atomic E-state index is 0.0780. The molecule has 0 aromatic heterocycles. The van der Waals surface area contributed by atoms with E-state index >= 15 is 0 Å². The van der Waals surface area contributed by atoms with E-state index in [0.717, 1.165) is 19.3 Å². The van der Waals surface area contributed by atoms with E-state index in [1.54, 1.807) is 11.8 Å². The van der Waals surface area contributed by atoms with Crippen LogP contribution in [0.1, 0.15) is 124 Å². The van der Waals surface area contributed by atoms with Crippen molar-refractivity contribution in [3.8, 4) is 0 Å². The fourth-order valence-electron chi connectivity index (χ4n) is 4.34. The molecule has 0 aliphatic heterocycles. The number of nitrogens with zero attached hydrogens (tertiary/aromatic N) is 1. The average molecular weight is 484 g/mol. The van der Waals surface area contributed by atoms with Crippen LogP contribution in [-0.4, -0.2) is 53.0 Å². The maximum Gasteiger partial charge on any atom is 0.326 e. The van der Waals surface area contributed by atoms with Gasteiger partial charge in [0.15, 0.2) is 0 Å².